The first kappa shape index (κ1) is 21.9. The van der Waals surface area contributed by atoms with Gasteiger partial charge in [-0.1, -0.05) is 54.6 Å². The number of ether oxygens (including phenoxy) is 3. The zero-order valence-electron chi connectivity index (χ0n) is 18.6. The van der Waals surface area contributed by atoms with Gasteiger partial charge in [-0.3, -0.25) is 4.79 Å². The summed E-state index contributed by atoms with van der Waals surface area (Å²) >= 11 is 0. The lowest BCUT2D eigenvalue weighted by molar-refractivity contribution is -0.147. The molecule has 1 saturated heterocycles. The summed E-state index contributed by atoms with van der Waals surface area (Å²) in [5.41, 5.74) is 3.23. The maximum atomic E-state index is 13.1. The van der Waals surface area contributed by atoms with Gasteiger partial charge in [-0.2, -0.15) is 0 Å². The smallest absolute Gasteiger partial charge is 0.223 e. The summed E-state index contributed by atoms with van der Waals surface area (Å²) in [5.74, 6) is 1.73. The summed E-state index contributed by atoms with van der Waals surface area (Å²) in [4.78, 5) is 15.0. The van der Waals surface area contributed by atoms with Crippen molar-refractivity contribution >= 4 is 5.91 Å². The quantitative estimate of drug-likeness (QED) is 0.495. The summed E-state index contributed by atoms with van der Waals surface area (Å²) in [5, 5.41) is 0. The van der Waals surface area contributed by atoms with Crippen LogP contribution < -0.4 is 9.47 Å². The molecule has 0 unspecified atom stereocenters. The van der Waals surface area contributed by atoms with Gasteiger partial charge in [-0.15, -0.1) is 0 Å². The Bertz CT molecular complexity index is 1000. The molecule has 1 fully saturated rings. The SMILES string of the molecule is COc1ccc(CN2C(=O)CC[C@H](OCc3ccccc3)[C@H]2c2ccc(OC)cc2)cc1. The van der Waals surface area contributed by atoms with E-state index in [-0.39, 0.29) is 18.1 Å². The molecular formula is C27H29NO4. The molecular weight excluding hydrogens is 402 g/mol. The Balaban J connectivity index is 1.61. The number of methoxy groups -OCH3 is 2. The van der Waals surface area contributed by atoms with Crippen molar-refractivity contribution in [3.05, 3.63) is 95.6 Å². The van der Waals surface area contributed by atoms with E-state index in [0.717, 1.165) is 28.2 Å². The molecule has 0 spiro atoms. The van der Waals surface area contributed by atoms with Gasteiger partial charge in [0.25, 0.3) is 0 Å². The van der Waals surface area contributed by atoms with Crippen LogP contribution in [-0.4, -0.2) is 31.1 Å². The number of carbonyl (C=O) groups is 1. The Morgan fingerprint density at radius 1 is 0.812 bits per heavy atom. The van der Waals surface area contributed by atoms with Crippen molar-refractivity contribution in [3.63, 3.8) is 0 Å². The summed E-state index contributed by atoms with van der Waals surface area (Å²) < 4.78 is 17.0. The number of hydrogen-bond donors (Lipinski definition) is 0. The topological polar surface area (TPSA) is 48.0 Å². The van der Waals surface area contributed by atoms with E-state index in [0.29, 0.717) is 26.0 Å². The number of hydrogen-bond acceptors (Lipinski definition) is 4. The first-order valence-corrected chi connectivity index (χ1v) is 10.9. The summed E-state index contributed by atoms with van der Waals surface area (Å²) in [6, 6.07) is 25.8. The van der Waals surface area contributed by atoms with Crippen LogP contribution in [0.1, 0.15) is 35.6 Å². The number of piperidine rings is 1. The van der Waals surface area contributed by atoms with Crippen LogP contribution >= 0.6 is 0 Å². The van der Waals surface area contributed by atoms with Crippen LogP contribution in [0.15, 0.2) is 78.9 Å². The van der Waals surface area contributed by atoms with Crippen molar-refractivity contribution in [2.75, 3.05) is 14.2 Å². The van der Waals surface area contributed by atoms with Crippen molar-refractivity contribution in [1.82, 2.24) is 4.90 Å². The minimum absolute atomic E-state index is 0.0976. The third-order valence-corrected chi connectivity index (χ3v) is 5.93. The largest absolute Gasteiger partial charge is 0.497 e. The number of benzene rings is 3. The van der Waals surface area contributed by atoms with Crippen molar-refractivity contribution in [2.45, 2.75) is 38.1 Å². The highest BCUT2D eigenvalue weighted by Gasteiger charge is 2.37. The molecule has 1 aliphatic heterocycles. The molecule has 0 saturated carbocycles. The molecule has 4 rings (SSSR count). The average molecular weight is 432 g/mol. The monoisotopic (exact) mass is 431 g/mol. The van der Waals surface area contributed by atoms with Crippen molar-refractivity contribution in [1.29, 1.82) is 0 Å². The van der Waals surface area contributed by atoms with Crippen LogP contribution in [0.25, 0.3) is 0 Å². The molecule has 1 aliphatic rings. The Hall–Kier alpha value is -3.31. The molecule has 5 nitrogen and oxygen atoms in total. The molecule has 3 aromatic rings. The fourth-order valence-electron chi connectivity index (χ4n) is 4.18. The maximum Gasteiger partial charge on any atom is 0.223 e. The van der Waals surface area contributed by atoms with Crippen LogP contribution in [0, 0.1) is 0 Å². The number of likely N-dealkylation sites (tertiary alicyclic amines) is 1. The molecule has 0 aliphatic carbocycles. The minimum Gasteiger partial charge on any atom is -0.497 e. The molecule has 3 aromatic carbocycles. The highest BCUT2D eigenvalue weighted by molar-refractivity contribution is 5.78. The molecule has 5 heteroatoms. The van der Waals surface area contributed by atoms with Gasteiger partial charge in [0.15, 0.2) is 0 Å². The van der Waals surface area contributed by atoms with Gasteiger partial charge >= 0.3 is 0 Å². The lowest BCUT2D eigenvalue weighted by Gasteiger charge is -2.41. The number of amides is 1. The first-order chi connectivity index (χ1) is 15.7. The fourth-order valence-corrected chi connectivity index (χ4v) is 4.18. The van der Waals surface area contributed by atoms with Crippen molar-refractivity contribution in [3.8, 4) is 11.5 Å². The molecule has 0 N–H and O–H groups in total. The van der Waals surface area contributed by atoms with Gasteiger partial charge in [-0.05, 0) is 47.4 Å². The summed E-state index contributed by atoms with van der Waals surface area (Å²) in [7, 11) is 3.30. The standard InChI is InChI=1S/C27H29NO4/c1-30-23-12-8-20(9-13-23)18-28-26(29)17-16-25(32-19-21-6-4-3-5-7-21)27(28)22-10-14-24(31-2)15-11-22/h3-15,25,27H,16-19H2,1-2H3/t25-,27+/m0/s1. The van der Waals surface area contributed by atoms with Gasteiger partial charge in [-0.25, -0.2) is 0 Å². The molecule has 0 radical (unpaired) electrons. The zero-order chi connectivity index (χ0) is 22.3. The molecule has 32 heavy (non-hydrogen) atoms. The van der Waals surface area contributed by atoms with Crippen molar-refractivity contribution < 1.29 is 19.0 Å². The van der Waals surface area contributed by atoms with E-state index in [9.17, 15) is 4.79 Å². The number of nitrogens with zero attached hydrogens (tertiary/aromatic N) is 1. The Morgan fingerprint density at radius 2 is 1.44 bits per heavy atom. The predicted molar refractivity (Wildman–Crippen MR) is 124 cm³/mol. The van der Waals surface area contributed by atoms with E-state index in [1.807, 2.05) is 71.6 Å². The van der Waals surface area contributed by atoms with Crippen LogP contribution in [0.5, 0.6) is 11.5 Å². The van der Waals surface area contributed by atoms with E-state index < -0.39 is 0 Å². The molecule has 1 amide bonds. The zero-order valence-corrected chi connectivity index (χ0v) is 18.6. The first-order valence-electron chi connectivity index (χ1n) is 10.9. The van der Waals surface area contributed by atoms with Crippen LogP contribution in [0.2, 0.25) is 0 Å². The second kappa shape index (κ2) is 10.3. The Labute approximate surface area is 189 Å². The molecule has 166 valence electrons. The Morgan fingerprint density at radius 3 is 2.06 bits per heavy atom. The molecule has 2 atom stereocenters. The van der Waals surface area contributed by atoms with Gasteiger partial charge in [0.1, 0.15) is 11.5 Å². The van der Waals surface area contributed by atoms with E-state index in [1.165, 1.54) is 0 Å². The third-order valence-electron chi connectivity index (χ3n) is 5.93. The van der Waals surface area contributed by atoms with Crippen LogP contribution in [0.4, 0.5) is 0 Å². The highest BCUT2D eigenvalue weighted by atomic mass is 16.5. The lowest BCUT2D eigenvalue weighted by Crippen LogP contribution is -2.45. The summed E-state index contributed by atoms with van der Waals surface area (Å²) in [6.45, 7) is 1.04. The van der Waals surface area contributed by atoms with Crippen LogP contribution in [0.3, 0.4) is 0 Å². The van der Waals surface area contributed by atoms with Gasteiger partial charge in [0.2, 0.25) is 5.91 Å². The van der Waals surface area contributed by atoms with E-state index in [1.54, 1.807) is 14.2 Å². The van der Waals surface area contributed by atoms with E-state index >= 15 is 0 Å². The number of rotatable bonds is 8. The highest BCUT2D eigenvalue weighted by Crippen LogP contribution is 2.36. The third kappa shape index (κ3) is 5.11. The molecule has 0 bridgehead atoms. The fraction of sp³-hybridized carbons (Fsp3) is 0.296. The number of carbonyl (C=O) groups excluding carboxylic acids is 1. The minimum atomic E-state index is -0.173. The van der Waals surface area contributed by atoms with Gasteiger partial charge < -0.3 is 19.1 Å². The van der Waals surface area contributed by atoms with E-state index in [2.05, 4.69) is 12.1 Å². The van der Waals surface area contributed by atoms with Crippen molar-refractivity contribution in [2.24, 2.45) is 0 Å². The van der Waals surface area contributed by atoms with Gasteiger partial charge in [0.05, 0.1) is 33.0 Å². The van der Waals surface area contributed by atoms with Crippen LogP contribution in [-0.2, 0) is 22.7 Å². The van der Waals surface area contributed by atoms with E-state index in [4.69, 9.17) is 14.2 Å². The molecule has 1 heterocycles. The lowest BCUT2D eigenvalue weighted by atomic mass is 9.91. The second-order valence-corrected chi connectivity index (χ2v) is 7.96. The predicted octanol–water partition coefficient (Wildman–Crippen LogP) is 5.15. The second-order valence-electron chi connectivity index (χ2n) is 7.96. The Kier molecular flexibility index (Phi) is 7.07. The maximum absolute atomic E-state index is 13.1. The normalized spacial score (nSPS) is 18.4. The van der Waals surface area contributed by atoms with Gasteiger partial charge in [0, 0.05) is 13.0 Å². The molecule has 0 aromatic heterocycles. The average Bonchev–Trinajstić information content (AvgIpc) is 2.85. The summed E-state index contributed by atoms with van der Waals surface area (Å²) in [6.07, 6.45) is 1.07.